The van der Waals surface area contributed by atoms with Gasteiger partial charge in [0.1, 0.15) is 5.60 Å². The van der Waals surface area contributed by atoms with Gasteiger partial charge in [-0.25, -0.2) is 0 Å². The van der Waals surface area contributed by atoms with Crippen LogP contribution in [0, 0.1) is 11.3 Å². The summed E-state index contributed by atoms with van der Waals surface area (Å²) in [5.41, 5.74) is 0.0503. The topological polar surface area (TPSA) is 36.3 Å². The maximum Gasteiger partial charge on any atom is 0.173 e. The van der Waals surface area contributed by atoms with Crippen molar-refractivity contribution in [2.75, 3.05) is 0 Å². The fourth-order valence-corrected chi connectivity index (χ4v) is 1.70. The van der Waals surface area contributed by atoms with Crippen molar-refractivity contribution in [3.8, 4) is 6.07 Å². The van der Waals surface area contributed by atoms with Crippen LogP contribution in [0.4, 0.5) is 0 Å². The minimum absolute atomic E-state index is 0.0503. The summed E-state index contributed by atoms with van der Waals surface area (Å²) in [5, 5.41) is 8.46. The molecule has 0 N–H and O–H groups in total. The van der Waals surface area contributed by atoms with Crippen LogP contribution in [0.25, 0.3) is 0 Å². The van der Waals surface area contributed by atoms with Crippen molar-refractivity contribution in [2.45, 2.75) is 37.4 Å². The van der Waals surface area contributed by atoms with Gasteiger partial charge >= 0.3 is 0 Å². The maximum absolute atomic E-state index is 8.46. The molecule has 1 spiro atoms. The van der Waals surface area contributed by atoms with E-state index >= 15 is 0 Å². The molecule has 1 aliphatic carbocycles. The Bertz CT molecular complexity index is 164. The van der Waals surface area contributed by atoms with Gasteiger partial charge in [0.2, 0.25) is 0 Å². The highest BCUT2D eigenvalue weighted by Crippen LogP contribution is 2.49. The monoisotopic (exact) mass is 123 g/mol. The third-order valence-electron chi connectivity index (χ3n) is 2.34. The van der Waals surface area contributed by atoms with Crippen LogP contribution < -0.4 is 0 Å². The van der Waals surface area contributed by atoms with E-state index in [9.17, 15) is 0 Å². The van der Waals surface area contributed by atoms with Crippen molar-refractivity contribution >= 4 is 0 Å². The summed E-state index contributed by atoms with van der Waals surface area (Å²) in [6, 6.07) is 2.15. The summed E-state index contributed by atoms with van der Waals surface area (Å²) < 4.78 is 5.25. The summed E-state index contributed by atoms with van der Waals surface area (Å²) >= 11 is 0. The van der Waals surface area contributed by atoms with Gasteiger partial charge in [-0.15, -0.1) is 0 Å². The summed E-state index contributed by atoms with van der Waals surface area (Å²) in [4.78, 5) is 0. The summed E-state index contributed by atoms with van der Waals surface area (Å²) in [7, 11) is 0. The number of hydrogen-bond acceptors (Lipinski definition) is 2. The zero-order valence-corrected chi connectivity index (χ0v) is 5.26. The molecule has 2 aliphatic rings. The molecule has 0 amide bonds. The molecule has 9 heavy (non-hydrogen) atoms. The Balaban J connectivity index is 2.07. The first kappa shape index (κ1) is 5.25. The van der Waals surface area contributed by atoms with Gasteiger partial charge in [0, 0.05) is 0 Å². The van der Waals surface area contributed by atoms with Crippen molar-refractivity contribution in [3.05, 3.63) is 0 Å². The van der Waals surface area contributed by atoms with Crippen molar-refractivity contribution in [2.24, 2.45) is 0 Å². The average Bonchev–Trinajstić information content (AvgIpc) is 2.30. The Morgan fingerprint density at radius 3 is 2.56 bits per heavy atom. The Kier molecular flexibility index (Phi) is 0.866. The van der Waals surface area contributed by atoms with Gasteiger partial charge in [-0.2, -0.15) is 5.26 Å². The Labute approximate surface area is 54.4 Å². The number of nitrogens with zero attached hydrogens (tertiary/aromatic N) is 1. The Morgan fingerprint density at radius 2 is 2.11 bits per heavy atom. The lowest BCUT2D eigenvalue weighted by Gasteiger charge is -1.94. The fraction of sp³-hybridized carbons (Fsp3) is 0.857. The molecule has 1 atom stereocenters. The largest absolute Gasteiger partial charge is 0.350 e. The zero-order valence-electron chi connectivity index (χ0n) is 5.26. The molecule has 2 nitrogen and oxygen atoms in total. The highest BCUT2D eigenvalue weighted by molar-refractivity contribution is 5.15. The van der Waals surface area contributed by atoms with Gasteiger partial charge in [-0.3, -0.25) is 0 Å². The predicted molar refractivity (Wildman–Crippen MR) is 31.7 cm³/mol. The molecule has 2 heteroatoms. The normalized spacial score (nSPS) is 36.6. The van der Waals surface area contributed by atoms with Crippen LogP contribution in [-0.4, -0.2) is 11.7 Å². The second-order valence-electron chi connectivity index (χ2n) is 2.90. The summed E-state index contributed by atoms with van der Waals surface area (Å²) in [5.74, 6) is 0. The fourth-order valence-electron chi connectivity index (χ4n) is 1.70. The van der Waals surface area contributed by atoms with Gasteiger partial charge in [0.05, 0.1) is 6.07 Å². The van der Waals surface area contributed by atoms with Gasteiger partial charge < -0.3 is 4.74 Å². The molecule has 1 heterocycles. The van der Waals surface area contributed by atoms with Crippen LogP contribution in [0.2, 0.25) is 0 Å². The number of nitriles is 1. The highest BCUT2D eigenvalue weighted by atomic mass is 16.6. The molecule has 1 aliphatic heterocycles. The lowest BCUT2D eigenvalue weighted by molar-refractivity contribution is 0.303. The van der Waals surface area contributed by atoms with Crippen molar-refractivity contribution in [1.82, 2.24) is 0 Å². The first-order valence-electron chi connectivity index (χ1n) is 3.45. The predicted octanol–water partition coefficient (Wildman–Crippen LogP) is 1.22. The van der Waals surface area contributed by atoms with E-state index in [1.807, 2.05) is 0 Å². The van der Waals surface area contributed by atoms with Crippen molar-refractivity contribution in [1.29, 1.82) is 5.26 Å². The quantitative estimate of drug-likeness (QED) is 0.454. The van der Waals surface area contributed by atoms with Crippen LogP contribution in [0.1, 0.15) is 25.7 Å². The van der Waals surface area contributed by atoms with Crippen molar-refractivity contribution in [3.63, 3.8) is 0 Å². The minimum Gasteiger partial charge on any atom is -0.350 e. The van der Waals surface area contributed by atoms with E-state index in [4.69, 9.17) is 10.00 Å². The lowest BCUT2D eigenvalue weighted by Crippen LogP contribution is -2.06. The summed E-state index contributed by atoms with van der Waals surface area (Å²) in [6.07, 6.45) is 4.67. The molecule has 0 bridgehead atoms. The van der Waals surface area contributed by atoms with E-state index in [2.05, 4.69) is 6.07 Å². The lowest BCUT2D eigenvalue weighted by atomic mass is 10.1. The van der Waals surface area contributed by atoms with Crippen LogP contribution in [0.15, 0.2) is 0 Å². The molecule has 0 aromatic carbocycles. The van der Waals surface area contributed by atoms with Crippen LogP contribution in [-0.2, 0) is 4.74 Å². The standard InChI is InChI=1S/C7H9NO/c8-5-6-7(9-6)3-1-2-4-7/h6H,1-4H2. The molecule has 1 unspecified atom stereocenters. The molecule has 0 aromatic heterocycles. The van der Waals surface area contributed by atoms with Gasteiger partial charge in [-0.05, 0) is 12.8 Å². The molecule has 1 saturated carbocycles. The van der Waals surface area contributed by atoms with Gasteiger partial charge in [0.25, 0.3) is 0 Å². The van der Waals surface area contributed by atoms with E-state index in [-0.39, 0.29) is 11.7 Å². The van der Waals surface area contributed by atoms with Crippen LogP contribution in [0.5, 0.6) is 0 Å². The highest BCUT2D eigenvalue weighted by Gasteiger charge is 2.57. The second kappa shape index (κ2) is 1.48. The molecule has 2 rings (SSSR count). The molecule has 0 aromatic rings. The van der Waals surface area contributed by atoms with E-state index in [0.717, 1.165) is 12.8 Å². The molecule has 48 valence electrons. The minimum atomic E-state index is -0.0556. The molecule has 2 fully saturated rings. The molecule has 1 saturated heterocycles. The number of hydrogen-bond donors (Lipinski definition) is 0. The van der Waals surface area contributed by atoms with Crippen LogP contribution >= 0.6 is 0 Å². The van der Waals surface area contributed by atoms with E-state index < -0.39 is 0 Å². The zero-order chi connectivity index (χ0) is 6.32. The molecular formula is C7H9NO. The third kappa shape index (κ3) is 0.585. The first-order chi connectivity index (χ1) is 4.37. The maximum atomic E-state index is 8.46. The smallest absolute Gasteiger partial charge is 0.173 e. The van der Waals surface area contributed by atoms with Crippen LogP contribution in [0.3, 0.4) is 0 Å². The number of rotatable bonds is 0. The van der Waals surface area contributed by atoms with E-state index in [0.29, 0.717) is 0 Å². The Hall–Kier alpha value is -0.550. The Morgan fingerprint density at radius 1 is 1.44 bits per heavy atom. The average molecular weight is 123 g/mol. The SMILES string of the molecule is N#CC1OC12CCCC2. The van der Waals surface area contributed by atoms with Gasteiger partial charge in [-0.1, -0.05) is 12.8 Å². The summed E-state index contributed by atoms with van der Waals surface area (Å²) in [6.45, 7) is 0. The molecule has 0 radical (unpaired) electrons. The third-order valence-corrected chi connectivity index (χ3v) is 2.34. The van der Waals surface area contributed by atoms with Crippen molar-refractivity contribution < 1.29 is 4.74 Å². The second-order valence-corrected chi connectivity index (χ2v) is 2.90. The van der Waals surface area contributed by atoms with Gasteiger partial charge in [0.15, 0.2) is 6.10 Å². The number of ether oxygens (including phenoxy) is 1. The van der Waals surface area contributed by atoms with E-state index in [1.54, 1.807) is 0 Å². The molecular weight excluding hydrogens is 114 g/mol. The number of epoxide rings is 1. The first-order valence-corrected chi connectivity index (χ1v) is 3.45. The van der Waals surface area contributed by atoms with E-state index in [1.165, 1.54) is 12.8 Å².